The van der Waals surface area contributed by atoms with Crippen LogP contribution in [0.4, 0.5) is 0 Å². The van der Waals surface area contributed by atoms with Gasteiger partial charge in [-0.05, 0) is 58.8 Å². The van der Waals surface area contributed by atoms with Gasteiger partial charge < -0.3 is 10.5 Å². The molecule has 2 heterocycles. The predicted octanol–water partition coefficient (Wildman–Crippen LogP) is 2.63. The molecule has 1 aromatic rings. The quantitative estimate of drug-likeness (QED) is 0.871. The number of ether oxygens (including phenoxy) is 1. The van der Waals surface area contributed by atoms with Crippen LogP contribution < -0.4 is 5.73 Å². The summed E-state index contributed by atoms with van der Waals surface area (Å²) in [7, 11) is 0. The van der Waals surface area contributed by atoms with Gasteiger partial charge in [0.2, 0.25) is 0 Å². The lowest BCUT2D eigenvalue weighted by Crippen LogP contribution is -2.39. The van der Waals surface area contributed by atoms with E-state index in [4.69, 9.17) is 10.5 Å². The van der Waals surface area contributed by atoms with Gasteiger partial charge in [0, 0.05) is 17.5 Å². The molecule has 0 radical (unpaired) electrons. The molecule has 0 aliphatic carbocycles. The van der Waals surface area contributed by atoms with Gasteiger partial charge in [0.15, 0.2) is 0 Å². The molecule has 0 spiro atoms. The van der Waals surface area contributed by atoms with E-state index in [1.807, 2.05) is 32.9 Å². The molecule has 2 N–H and O–H groups in total. The summed E-state index contributed by atoms with van der Waals surface area (Å²) in [5.41, 5.74) is 5.47. The van der Waals surface area contributed by atoms with Crippen LogP contribution in [0.3, 0.4) is 0 Å². The lowest BCUT2D eigenvalue weighted by atomic mass is 10.1. The number of rotatable bonds is 3. The van der Waals surface area contributed by atoms with E-state index in [1.54, 1.807) is 0 Å². The number of piperidine rings is 1. The van der Waals surface area contributed by atoms with Crippen molar-refractivity contribution in [1.82, 2.24) is 4.90 Å². The average Bonchev–Trinajstić information content (AvgIpc) is 2.79. The minimum absolute atomic E-state index is 0.227. The van der Waals surface area contributed by atoms with E-state index < -0.39 is 5.60 Å². The Morgan fingerprint density at radius 2 is 2.05 bits per heavy atom. The Kier molecular flexibility index (Phi) is 4.83. The molecule has 1 aliphatic rings. The van der Waals surface area contributed by atoms with Crippen molar-refractivity contribution in [3.8, 4) is 0 Å². The fourth-order valence-corrected chi connectivity index (χ4v) is 3.16. The molecule has 2 rings (SSSR count). The number of carbonyl (C=O) groups excluding carboxylic acids is 1. The lowest BCUT2D eigenvalue weighted by molar-refractivity contribution is 0.00752. The summed E-state index contributed by atoms with van der Waals surface area (Å²) in [5, 5.41) is 0. The van der Waals surface area contributed by atoms with E-state index in [2.05, 4.69) is 4.90 Å². The number of carbonyl (C=O) groups is 1. The minimum atomic E-state index is -0.440. The van der Waals surface area contributed by atoms with Crippen molar-refractivity contribution in [2.24, 2.45) is 5.73 Å². The molecule has 0 bridgehead atoms. The number of likely N-dealkylation sites (tertiary alicyclic amines) is 1. The van der Waals surface area contributed by atoms with Crippen molar-refractivity contribution in [3.05, 3.63) is 21.9 Å². The largest absolute Gasteiger partial charge is 0.456 e. The Morgan fingerprint density at radius 1 is 1.40 bits per heavy atom. The van der Waals surface area contributed by atoms with Crippen molar-refractivity contribution in [2.45, 2.75) is 51.8 Å². The van der Waals surface area contributed by atoms with Gasteiger partial charge in [-0.2, -0.15) is 0 Å². The normalized spacial score (nSPS) is 18.2. The maximum atomic E-state index is 12.0. The molecule has 1 aliphatic heterocycles. The monoisotopic (exact) mass is 296 g/mol. The minimum Gasteiger partial charge on any atom is -0.456 e. The highest BCUT2D eigenvalue weighted by Gasteiger charge is 2.20. The summed E-state index contributed by atoms with van der Waals surface area (Å²) in [6.07, 6.45) is 2.12. The molecule has 0 amide bonds. The highest BCUT2D eigenvalue weighted by molar-refractivity contribution is 7.13. The molecule has 20 heavy (non-hydrogen) atoms. The molecular weight excluding hydrogens is 272 g/mol. The van der Waals surface area contributed by atoms with Crippen molar-refractivity contribution in [3.63, 3.8) is 0 Å². The number of hydrogen-bond donors (Lipinski definition) is 1. The van der Waals surface area contributed by atoms with Crippen LogP contribution >= 0.6 is 11.3 Å². The summed E-state index contributed by atoms with van der Waals surface area (Å²) in [4.78, 5) is 16.3. The summed E-state index contributed by atoms with van der Waals surface area (Å²) >= 11 is 1.53. The van der Waals surface area contributed by atoms with E-state index >= 15 is 0 Å². The lowest BCUT2D eigenvalue weighted by Gasteiger charge is -2.29. The molecule has 4 nitrogen and oxygen atoms in total. The maximum Gasteiger partial charge on any atom is 0.348 e. The van der Waals surface area contributed by atoms with Gasteiger partial charge >= 0.3 is 5.97 Å². The molecule has 1 aromatic heterocycles. The second-order valence-electron chi connectivity index (χ2n) is 6.38. The highest BCUT2D eigenvalue weighted by Crippen LogP contribution is 2.22. The van der Waals surface area contributed by atoms with Crippen LogP contribution in [0.5, 0.6) is 0 Å². The zero-order valence-corrected chi connectivity index (χ0v) is 13.3. The van der Waals surface area contributed by atoms with E-state index in [0.29, 0.717) is 10.9 Å². The fraction of sp³-hybridized carbons (Fsp3) is 0.667. The average molecular weight is 296 g/mol. The van der Waals surface area contributed by atoms with Crippen molar-refractivity contribution in [2.75, 3.05) is 13.1 Å². The Morgan fingerprint density at radius 3 is 2.65 bits per heavy atom. The van der Waals surface area contributed by atoms with Crippen LogP contribution in [-0.4, -0.2) is 35.6 Å². The highest BCUT2D eigenvalue weighted by atomic mass is 32.1. The molecule has 0 atom stereocenters. The van der Waals surface area contributed by atoms with Gasteiger partial charge in [0.25, 0.3) is 0 Å². The van der Waals surface area contributed by atoms with E-state index in [1.165, 1.54) is 16.2 Å². The van der Waals surface area contributed by atoms with Crippen LogP contribution in [0, 0.1) is 0 Å². The number of thiophene rings is 1. The number of hydrogen-bond acceptors (Lipinski definition) is 5. The predicted molar refractivity (Wildman–Crippen MR) is 82.0 cm³/mol. The van der Waals surface area contributed by atoms with Gasteiger partial charge in [-0.1, -0.05) is 0 Å². The third-order valence-electron chi connectivity index (χ3n) is 3.27. The van der Waals surface area contributed by atoms with E-state index in [9.17, 15) is 4.79 Å². The molecule has 112 valence electrons. The summed E-state index contributed by atoms with van der Waals surface area (Å²) in [6.45, 7) is 8.64. The van der Waals surface area contributed by atoms with Crippen LogP contribution in [0.1, 0.15) is 48.2 Å². The summed E-state index contributed by atoms with van der Waals surface area (Å²) in [5.74, 6) is -0.227. The Hall–Kier alpha value is -0.910. The number of nitrogens with zero attached hydrogens (tertiary/aromatic N) is 1. The SMILES string of the molecule is CC(C)(C)OC(=O)c1ccc(CN2CCC(N)CC2)s1. The summed E-state index contributed by atoms with van der Waals surface area (Å²) < 4.78 is 5.38. The van der Waals surface area contributed by atoms with Crippen LogP contribution in [-0.2, 0) is 11.3 Å². The molecule has 0 saturated carbocycles. The van der Waals surface area contributed by atoms with Gasteiger partial charge in [-0.3, -0.25) is 4.90 Å². The first-order valence-corrected chi connectivity index (χ1v) is 7.95. The third-order valence-corrected chi connectivity index (χ3v) is 4.32. The van der Waals surface area contributed by atoms with Crippen molar-refractivity contribution < 1.29 is 9.53 Å². The smallest absolute Gasteiger partial charge is 0.348 e. The van der Waals surface area contributed by atoms with E-state index in [-0.39, 0.29) is 5.97 Å². The number of nitrogens with two attached hydrogens (primary N) is 1. The summed E-state index contributed by atoms with van der Waals surface area (Å²) in [6, 6.07) is 4.24. The van der Waals surface area contributed by atoms with Crippen molar-refractivity contribution in [1.29, 1.82) is 0 Å². The zero-order valence-electron chi connectivity index (χ0n) is 12.5. The standard InChI is InChI=1S/C15H24N2O2S/c1-15(2,3)19-14(18)13-5-4-12(20-13)10-17-8-6-11(16)7-9-17/h4-5,11H,6-10,16H2,1-3H3. The molecule has 1 saturated heterocycles. The van der Waals surface area contributed by atoms with Gasteiger partial charge in [0.05, 0.1) is 0 Å². The molecule has 5 heteroatoms. The van der Waals surface area contributed by atoms with Crippen LogP contribution in [0.2, 0.25) is 0 Å². The second kappa shape index (κ2) is 6.24. The van der Waals surface area contributed by atoms with Gasteiger partial charge in [0.1, 0.15) is 10.5 Å². The topological polar surface area (TPSA) is 55.6 Å². The molecule has 0 aromatic carbocycles. The first kappa shape index (κ1) is 15.5. The first-order valence-electron chi connectivity index (χ1n) is 7.13. The molecule has 0 unspecified atom stereocenters. The van der Waals surface area contributed by atoms with Gasteiger partial charge in [-0.25, -0.2) is 4.79 Å². The fourth-order valence-electron chi connectivity index (χ4n) is 2.23. The maximum absolute atomic E-state index is 12.0. The Bertz CT molecular complexity index is 457. The zero-order chi connectivity index (χ0) is 14.8. The van der Waals surface area contributed by atoms with Gasteiger partial charge in [-0.15, -0.1) is 11.3 Å². The van der Waals surface area contributed by atoms with E-state index in [0.717, 1.165) is 32.5 Å². The molecular formula is C15H24N2O2S. The molecule has 1 fully saturated rings. The second-order valence-corrected chi connectivity index (χ2v) is 7.55. The van der Waals surface area contributed by atoms with Crippen LogP contribution in [0.25, 0.3) is 0 Å². The third kappa shape index (κ3) is 4.58. The first-order chi connectivity index (χ1) is 9.33. The Labute approximate surface area is 124 Å². The van der Waals surface area contributed by atoms with Crippen LogP contribution in [0.15, 0.2) is 12.1 Å². The Balaban J connectivity index is 1.90. The van der Waals surface area contributed by atoms with Crippen molar-refractivity contribution >= 4 is 17.3 Å². The number of esters is 1.